The van der Waals surface area contributed by atoms with Crippen LogP contribution in [0, 0.1) is 0 Å². The van der Waals surface area contributed by atoms with Crippen LogP contribution in [-0.2, 0) is 4.79 Å². The largest absolute Gasteiger partial charge is 0.707 e. The Kier molecular flexibility index (Phi) is 4.14. The molecule has 0 heterocycles. The summed E-state index contributed by atoms with van der Waals surface area (Å²) in [6, 6.07) is 6.30. The van der Waals surface area contributed by atoms with E-state index in [2.05, 4.69) is 9.97 Å². The maximum atomic E-state index is 11.0. The van der Waals surface area contributed by atoms with Crippen molar-refractivity contribution in [1.29, 1.82) is 0 Å². The van der Waals surface area contributed by atoms with E-state index in [4.69, 9.17) is 10.0 Å². The quantitative estimate of drug-likeness (QED) is 0.626. The second-order valence-electron chi connectivity index (χ2n) is 2.87. The molecule has 0 saturated carbocycles. The van der Waals surface area contributed by atoms with Crippen LogP contribution in [-0.4, -0.2) is 23.3 Å². The van der Waals surface area contributed by atoms with Crippen LogP contribution >= 0.6 is 0 Å². The molecule has 3 N–H and O–H groups in total. The third kappa shape index (κ3) is 4.01. The van der Waals surface area contributed by atoms with Crippen LogP contribution in [0.5, 0.6) is 5.75 Å². The number of hydrogen-bond donors (Lipinski definition) is 3. The Morgan fingerprint density at radius 2 is 2.00 bits per heavy atom. The summed E-state index contributed by atoms with van der Waals surface area (Å²) in [6.07, 6.45) is 0.410. The van der Waals surface area contributed by atoms with E-state index in [-0.39, 0.29) is 5.91 Å². The van der Waals surface area contributed by atoms with Crippen molar-refractivity contribution in [2.45, 2.75) is 13.3 Å². The van der Waals surface area contributed by atoms with Crippen molar-refractivity contribution >= 4 is 18.9 Å². The van der Waals surface area contributed by atoms with E-state index in [0.717, 1.165) is 0 Å². The molecule has 80 valence electrons. The lowest BCUT2D eigenvalue weighted by Gasteiger charge is -2.06. The molecule has 0 aliphatic rings. The third-order valence-corrected chi connectivity index (χ3v) is 1.70. The van der Waals surface area contributed by atoms with Gasteiger partial charge in [-0.15, -0.1) is 0 Å². The van der Waals surface area contributed by atoms with Crippen LogP contribution in [0.1, 0.15) is 13.3 Å². The number of hydrogen-bond acceptors (Lipinski definition) is 4. The molecule has 1 aromatic carbocycles. The zero-order chi connectivity index (χ0) is 11.3. The molecule has 5 nitrogen and oxygen atoms in total. The van der Waals surface area contributed by atoms with E-state index in [1.54, 1.807) is 19.1 Å². The maximum Gasteiger partial charge on any atom is 0.707 e. The van der Waals surface area contributed by atoms with Gasteiger partial charge in [-0.2, -0.15) is 0 Å². The van der Waals surface area contributed by atoms with Crippen LogP contribution in [0.3, 0.4) is 0 Å². The molecule has 0 aliphatic carbocycles. The van der Waals surface area contributed by atoms with Gasteiger partial charge in [0.25, 0.3) is 0 Å². The fourth-order valence-electron chi connectivity index (χ4n) is 0.988. The van der Waals surface area contributed by atoms with Gasteiger partial charge in [0.15, 0.2) is 0 Å². The first kappa shape index (κ1) is 11.5. The summed E-state index contributed by atoms with van der Waals surface area (Å²) >= 11 is 0. The number of rotatable bonds is 4. The first-order valence-corrected chi connectivity index (χ1v) is 4.54. The number of anilines is 1. The Balaban J connectivity index is 2.60. The first-order chi connectivity index (χ1) is 7.11. The van der Waals surface area contributed by atoms with E-state index in [0.29, 0.717) is 17.9 Å². The van der Waals surface area contributed by atoms with E-state index >= 15 is 0 Å². The highest BCUT2D eigenvalue weighted by Crippen LogP contribution is 2.15. The number of carbonyl (C=O) groups excluding carboxylic acids is 1. The summed E-state index contributed by atoms with van der Waals surface area (Å²) in [5.74, 6) is 0.241. The number of benzene rings is 1. The SMILES string of the molecule is CCC(=O)Nc1ccc(OB(O)O)cc1. The topological polar surface area (TPSA) is 78.8 Å². The number of amides is 1. The van der Waals surface area contributed by atoms with E-state index in [9.17, 15) is 4.79 Å². The van der Waals surface area contributed by atoms with Crippen molar-refractivity contribution in [2.75, 3.05) is 5.32 Å². The van der Waals surface area contributed by atoms with Gasteiger partial charge in [0.1, 0.15) is 5.75 Å². The molecule has 1 rings (SSSR count). The minimum absolute atomic E-state index is 0.0779. The van der Waals surface area contributed by atoms with Crippen molar-refractivity contribution in [3.8, 4) is 5.75 Å². The Morgan fingerprint density at radius 3 is 2.47 bits per heavy atom. The van der Waals surface area contributed by atoms with Gasteiger partial charge in [-0.3, -0.25) is 4.79 Å². The number of nitrogens with one attached hydrogen (secondary N) is 1. The summed E-state index contributed by atoms with van der Waals surface area (Å²) in [7, 11) is -1.83. The van der Waals surface area contributed by atoms with Crippen molar-refractivity contribution < 1.29 is 19.5 Å². The predicted molar refractivity (Wildman–Crippen MR) is 56.2 cm³/mol. The smallest absolute Gasteiger partial charge is 0.512 e. The normalized spacial score (nSPS) is 9.53. The minimum atomic E-state index is -1.83. The molecule has 0 aliphatic heterocycles. The third-order valence-electron chi connectivity index (χ3n) is 1.70. The molecular weight excluding hydrogens is 197 g/mol. The molecule has 0 radical (unpaired) electrons. The molecule has 1 aromatic rings. The maximum absolute atomic E-state index is 11.0. The van der Waals surface area contributed by atoms with E-state index in [1.165, 1.54) is 12.1 Å². The molecule has 0 aromatic heterocycles. The molecule has 0 saturated heterocycles. The average molecular weight is 209 g/mol. The van der Waals surface area contributed by atoms with E-state index in [1.807, 2.05) is 0 Å². The highest BCUT2D eigenvalue weighted by molar-refractivity contribution is 6.33. The molecule has 6 heteroatoms. The Morgan fingerprint density at radius 1 is 1.40 bits per heavy atom. The zero-order valence-corrected chi connectivity index (χ0v) is 8.30. The summed E-state index contributed by atoms with van der Waals surface area (Å²) in [5, 5.41) is 19.7. The van der Waals surface area contributed by atoms with Gasteiger partial charge in [-0.25, -0.2) is 0 Å². The summed E-state index contributed by atoms with van der Waals surface area (Å²) < 4.78 is 4.60. The average Bonchev–Trinajstić information content (AvgIpc) is 2.20. The van der Waals surface area contributed by atoms with E-state index < -0.39 is 7.32 Å². The molecule has 0 bridgehead atoms. The lowest BCUT2D eigenvalue weighted by molar-refractivity contribution is -0.115. The van der Waals surface area contributed by atoms with Gasteiger partial charge in [0.05, 0.1) is 0 Å². The first-order valence-electron chi connectivity index (χ1n) is 4.54. The molecule has 0 unspecified atom stereocenters. The summed E-state index contributed by atoms with van der Waals surface area (Å²) in [6.45, 7) is 1.76. The van der Waals surface area contributed by atoms with Gasteiger partial charge < -0.3 is 20.0 Å². The lowest BCUT2D eigenvalue weighted by atomic mass is 10.2. The highest BCUT2D eigenvalue weighted by Gasteiger charge is 2.10. The molecular formula is C9H12BNO4. The van der Waals surface area contributed by atoms with Crippen molar-refractivity contribution in [3.63, 3.8) is 0 Å². The van der Waals surface area contributed by atoms with Gasteiger partial charge >= 0.3 is 7.32 Å². The van der Waals surface area contributed by atoms with Gasteiger partial charge in [-0.05, 0) is 24.3 Å². The van der Waals surface area contributed by atoms with Gasteiger partial charge in [-0.1, -0.05) is 6.92 Å². The zero-order valence-electron chi connectivity index (χ0n) is 8.30. The predicted octanol–water partition coefficient (Wildman–Crippen LogP) is 0.383. The Labute approximate surface area is 87.9 Å². The minimum Gasteiger partial charge on any atom is -0.512 e. The van der Waals surface area contributed by atoms with Gasteiger partial charge in [0.2, 0.25) is 5.91 Å². The fourth-order valence-corrected chi connectivity index (χ4v) is 0.988. The molecule has 0 fully saturated rings. The lowest BCUT2D eigenvalue weighted by Crippen LogP contribution is -2.20. The van der Waals surface area contributed by atoms with Crippen molar-refractivity contribution in [1.82, 2.24) is 0 Å². The van der Waals surface area contributed by atoms with Crippen LogP contribution in [0.15, 0.2) is 24.3 Å². The molecule has 1 amide bonds. The summed E-state index contributed by atoms with van der Waals surface area (Å²) in [4.78, 5) is 11.0. The monoisotopic (exact) mass is 209 g/mol. The van der Waals surface area contributed by atoms with Crippen LogP contribution in [0.2, 0.25) is 0 Å². The van der Waals surface area contributed by atoms with Crippen molar-refractivity contribution in [2.24, 2.45) is 0 Å². The Hall–Kier alpha value is -1.53. The number of carbonyl (C=O) groups is 1. The standard InChI is InChI=1S/C9H12BNO4/c1-2-9(12)11-7-3-5-8(6-4-7)15-10(13)14/h3-6,13-14H,2H2,1H3,(H,11,12). The molecule has 0 spiro atoms. The van der Waals surface area contributed by atoms with Crippen LogP contribution in [0.4, 0.5) is 5.69 Å². The second kappa shape index (κ2) is 5.38. The summed E-state index contributed by atoms with van der Waals surface area (Å²) in [5.41, 5.74) is 0.640. The second-order valence-corrected chi connectivity index (χ2v) is 2.87. The molecule has 15 heavy (non-hydrogen) atoms. The Bertz CT molecular complexity index is 325. The fraction of sp³-hybridized carbons (Fsp3) is 0.222. The van der Waals surface area contributed by atoms with Crippen LogP contribution < -0.4 is 9.97 Å². The van der Waals surface area contributed by atoms with Crippen LogP contribution in [0.25, 0.3) is 0 Å². The van der Waals surface area contributed by atoms with Crippen molar-refractivity contribution in [3.05, 3.63) is 24.3 Å². The van der Waals surface area contributed by atoms with Gasteiger partial charge in [0, 0.05) is 12.1 Å². The molecule has 0 atom stereocenters. The highest BCUT2D eigenvalue weighted by atomic mass is 16.6.